The zero-order valence-corrected chi connectivity index (χ0v) is 51.9. The molecule has 0 radical (unpaired) electrons. The van der Waals surface area contributed by atoms with Gasteiger partial charge in [-0.15, -0.1) is 10.2 Å². The number of rotatable bonds is 24. The molecular formula is C66H66N8O15S2. The van der Waals surface area contributed by atoms with Gasteiger partial charge in [-0.05, 0) is 121 Å². The Morgan fingerprint density at radius 3 is 1.86 bits per heavy atom. The minimum atomic E-state index is -4.84. The maximum Gasteiger partial charge on any atom is 0.329 e. The topological polar surface area (TPSA) is 334 Å². The van der Waals surface area contributed by atoms with Gasteiger partial charge in [-0.25, -0.2) is 4.79 Å². The number of Topliss-reactive ketones (excluding diaryl/α,β-unsaturated/α-hetero) is 1. The van der Waals surface area contributed by atoms with E-state index in [-0.39, 0.29) is 62.5 Å². The number of ether oxygens (including phenoxy) is 4. The van der Waals surface area contributed by atoms with E-state index in [4.69, 9.17) is 24.7 Å². The van der Waals surface area contributed by atoms with Crippen LogP contribution in [0.1, 0.15) is 70.1 Å². The monoisotopic (exact) mass is 1270 g/mol. The smallest absolute Gasteiger partial charge is 0.329 e. The Kier molecular flexibility index (Phi) is 20.3. The molecule has 0 aliphatic carbocycles. The number of nitrogens with two attached hydrogens (primary N) is 1. The third-order valence-corrected chi connectivity index (χ3v) is 17.4. The number of hydrogen-bond donors (Lipinski definition) is 5. The van der Waals surface area contributed by atoms with Crippen LogP contribution in [0.25, 0.3) is 32.7 Å². The second-order valence-electron chi connectivity index (χ2n) is 22.0. The summed E-state index contributed by atoms with van der Waals surface area (Å²) in [7, 11) is -6.40. The van der Waals surface area contributed by atoms with E-state index < -0.39 is 85.3 Å². The number of nitrogens with zero attached hydrogens (tertiary/aromatic N) is 5. The number of benzene rings is 8. The van der Waals surface area contributed by atoms with E-state index in [0.717, 1.165) is 28.8 Å². The molecule has 25 heteroatoms. The summed E-state index contributed by atoms with van der Waals surface area (Å²) in [5.41, 5.74) is 9.09. The molecule has 1 aliphatic rings. The number of carbonyl (C=O) groups excluding carboxylic acids is 5. The molecule has 0 bridgehead atoms. The largest absolute Gasteiger partial charge is 0.493 e. The number of azo groups is 2. The fourth-order valence-electron chi connectivity index (χ4n) is 10.3. The summed E-state index contributed by atoms with van der Waals surface area (Å²) < 4.78 is 93.2. The molecule has 2 atom stereocenters. The van der Waals surface area contributed by atoms with Crippen molar-refractivity contribution in [3.8, 4) is 28.4 Å². The van der Waals surface area contributed by atoms with Crippen LogP contribution in [0.5, 0.6) is 17.2 Å². The van der Waals surface area contributed by atoms with Crippen LogP contribution in [0.15, 0.2) is 182 Å². The van der Waals surface area contributed by atoms with Gasteiger partial charge in [0.2, 0.25) is 11.7 Å². The number of anilines is 2. The number of nitrogen functional groups attached to an aromatic ring is 1. The number of ketones is 1. The molecule has 2 unspecified atom stereocenters. The number of hydrogen-bond acceptors (Lipinski definition) is 18. The van der Waals surface area contributed by atoms with Crippen molar-refractivity contribution in [3.05, 3.63) is 163 Å². The van der Waals surface area contributed by atoms with E-state index >= 15 is 0 Å². The quantitative estimate of drug-likeness (QED) is 0.0123. The van der Waals surface area contributed by atoms with Crippen molar-refractivity contribution >= 4 is 105 Å². The van der Waals surface area contributed by atoms with Crippen molar-refractivity contribution in [3.63, 3.8) is 0 Å². The predicted octanol–water partition coefficient (Wildman–Crippen LogP) is 12.3. The normalized spacial score (nSPS) is 14.1. The summed E-state index contributed by atoms with van der Waals surface area (Å²) >= 11 is 0. The Morgan fingerprint density at radius 1 is 0.670 bits per heavy atom. The fraction of sp³-hybridized carbons (Fsp3) is 0.258. The van der Waals surface area contributed by atoms with Gasteiger partial charge in [0.25, 0.3) is 32.1 Å². The second kappa shape index (κ2) is 28.3. The summed E-state index contributed by atoms with van der Waals surface area (Å²) in [5.74, 6) is -2.14. The summed E-state index contributed by atoms with van der Waals surface area (Å²) in [5, 5.41) is 23.2. The molecule has 0 aromatic heterocycles. The van der Waals surface area contributed by atoms with Crippen LogP contribution in [0.3, 0.4) is 0 Å². The number of nitrogens with one attached hydrogen (secondary N) is 2. The average Bonchev–Trinajstić information content (AvgIpc) is 0.896. The number of likely N-dealkylation sites (tertiary alicyclic amines) is 1. The van der Waals surface area contributed by atoms with Crippen LogP contribution in [-0.4, -0.2) is 100 Å². The summed E-state index contributed by atoms with van der Waals surface area (Å²) in [6, 6.07) is 39.5. The third-order valence-electron chi connectivity index (χ3n) is 15.6. The highest BCUT2D eigenvalue weighted by molar-refractivity contribution is 7.86. The number of carbonyl (C=O) groups is 5. The van der Waals surface area contributed by atoms with Crippen LogP contribution in [-0.2, 0) is 55.4 Å². The van der Waals surface area contributed by atoms with E-state index in [1.165, 1.54) is 37.3 Å². The summed E-state index contributed by atoms with van der Waals surface area (Å²) in [6.07, 6.45) is 1.79. The number of aryl methyl sites for hydroxylation is 1. The van der Waals surface area contributed by atoms with Gasteiger partial charge in [0.05, 0.1) is 43.5 Å². The Bertz CT molecular complexity index is 4390. The molecule has 1 heterocycles. The van der Waals surface area contributed by atoms with E-state index in [2.05, 4.69) is 31.1 Å². The molecule has 472 valence electrons. The predicted molar refractivity (Wildman–Crippen MR) is 341 cm³/mol. The Labute approximate surface area is 525 Å². The molecule has 6 N–H and O–H groups in total. The first-order valence-corrected chi connectivity index (χ1v) is 31.8. The van der Waals surface area contributed by atoms with Crippen LogP contribution in [0.4, 0.5) is 34.1 Å². The fourth-order valence-corrected chi connectivity index (χ4v) is 11.7. The number of methoxy groups -OCH3 is 2. The first-order valence-electron chi connectivity index (χ1n) is 28.9. The highest BCUT2D eigenvalue weighted by Crippen LogP contribution is 2.41. The lowest BCUT2D eigenvalue weighted by Crippen LogP contribution is -2.53. The molecular weight excluding hydrogens is 1210 g/mol. The molecule has 23 nitrogen and oxygen atoms in total. The number of esters is 1. The van der Waals surface area contributed by atoms with Gasteiger partial charge in [-0.1, -0.05) is 112 Å². The first-order chi connectivity index (χ1) is 43.5. The van der Waals surface area contributed by atoms with E-state index in [1.54, 1.807) is 123 Å². The van der Waals surface area contributed by atoms with Gasteiger partial charge in [0.1, 0.15) is 39.1 Å². The van der Waals surface area contributed by atoms with Crippen molar-refractivity contribution < 1.29 is 68.9 Å². The van der Waals surface area contributed by atoms with Crippen molar-refractivity contribution in [1.29, 1.82) is 0 Å². The van der Waals surface area contributed by atoms with Gasteiger partial charge in [-0.3, -0.25) is 28.3 Å². The van der Waals surface area contributed by atoms with Gasteiger partial charge < -0.3 is 40.2 Å². The minimum Gasteiger partial charge on any atom is -0.493 e. The molecule has 9 rings (SSSR count). The Morgan fingerprint density at radius 2 is 1.25 bits per heavy atom. The highest BCUT2D eigenvalue weighted by Gasteiger charge is 2.41. The molecule has 1 fully saturated rings. The van der Waals surface area contributed by atoms with Gasteiger partial charge in [0.15, 0.2) is 18.1 Å². The van der Waals surface area contributed by atoms with Gasteiger partial charge in [0, 0.05) is 33.5 Å². The molecule has 8 aromatic rings. The number of piperidine rings is 1. The minimum absolute atomic E-state index is 0.0215. The third kappa shape index (κ3) is 15.7. The molecule has 3 amide bonds. The summed E-state index contributed by atoms with van der Waals surface area (Å²) in [6.45, 7) is 4.32. The second-order valence-corrected chi connectivity index (χ2v) is 24.8. The summed E-state index contributed by atoms with van der Waals surface area (Å²) in [4.78, 5) is 68.7. The van der Waals surface area contributed by atoms with Crippen LogP contribution >= 0.6 is 0 Å². The molecule has 91 heavy (non-hydrogen) atoms. The average molecular weight is 1280 g/mol. The van der Waals surface area contributed by atoms with Crippen molar-refractivity contribution in [2.24, 2.45) is 25.9 Å². The lowest BCUT2D eigenvalue weighted by Gasteiger charge is -2.36. The first kappa shape index (κ1) is 65.5. The van der Waals surface area contributed by atoms with E-state index in [9.17, 15) is 49.9 Å². The SMILES string of the molecule is CCC(C)(C)C(=O)C(=O)N1CCCCC1C(=O)OC(CCc1ccc(OC)c(OC)c1)c1cccc(OCC(=O)NCC(=O)Nc2c(N=Nc3ccc(-c4ccc(N=Nc5cc(S(=O)(=O)O)c6ccccc6c5N)cc4)cc3)cc(S(=O)(=O)O)c3ccccc23)c1. The number of amides is 3. The molecule has 1 saturated heterocycles. The molecule has 8 aromatic carbocycles. The maximum absolute atomic E-state index is 14.2. The molecule has 1 aliphatic heterocycles. The van der Waals surface area contributed by atoms with E-state index in [0.29, 0.717) is 65.9 Å². The lowest BCUT2D eigenvalue weighted by molar-refractivity contribution is -0.164. The van der Waals surface area contributed by atoms with Crippen LogP contribution in [0, 0.1) is 5.41 Å². The zero-order chi connectivity index (χ0) is 65.2. The highest BCUT2D eigenvalue weighted by atomic mass is 32.2. The van der Waals surface area contributed by atoms with Crippen molar-refractivity contribution in [2.75, 3.05) is 45.0 Å². The van der Waals surface area contributed by atoms with Crippen molar-refractivity contribution in [2.45, 2.75) is 81.2 Å². The van der Waals surface area contributed by atoms with E-state index in [1.807, 2.05) is 19.1 Å². The van der Waals surface area contributed by atoms with Gasteiger partial charge in [-0.2, -0.15) is 27.1 Å². The Hall–Kier alpha value is -9.95. The lowest BCUT2D eigenvalue weighted by atomic mass is 9.84. The van der Waals surface area contributed by atoms with Crippen LogP contribution < -0.4 is 30.6 Å². The van der Waals surface area contributed by atoms with Crippen LogP contribution in [0.2, 0.25) is 0 Å². The van der Waals surface area contributed by atoms with Crippen molar-refractivity contribution in [1.82, 2.24) is 10.2 Å². The maximum atomic E-state index is 14.2. The standard InChI is InChI=1S/C66H66N8O15S2/c1-6-66(2,3)63(77)64(78)74-33-12-11-20-53(74)65(79)89-54(31-21-40-22-32-55(86-4)56(34-40)87-5)43-14-13-15-46(35-43)88-39-60(76)68-38-59(75)69-62-50-19-10-8-17-48(50)58(91(83,84)85)37-52(62)73-71-45-29-25-42(26-30-45)41-23-27-44(28-24-41)70-72-51-36-57(90(80,81)82)47-16-7-9-18-49(47)61(51)67/h7-10,13-19,22-30,32,34-37,53-54H,6,11-12,20-21,31,33,38-39,67H2,1-5H3,(H,68,76)(H,69,75)(H,80,81,82)(H,83,84,85). The van der Waals surface area contributed by atoms with Gasteiger partial charge >= 0.3 is 5.97 Å². The zero-order valence-electron chi connectivity index (χ0n) is 50.3. The molecule has 0 saturated carbocycles. The number of fused-ring (bicyclic) bond motifs is 2. The molecule has 0 spiro atoms. The Balaban J connectivity index is 0.868.